The van der Waals surface area contributed by atoms with Gasteiger partial charge in [-0.1, -0.05) is 235 Å². The summed E-state index contributed by atoms with van der Waals surface area (Å²) in [7, 11) is 0. The first kappa shape index (κ1) is 63.8. The summed E-state index contributed by atoms with van der Waals surface area (Å²) in [6.07, 6.45) is 70.5. The molecule has 0 aliphatic rings. The van der Waals surface area contributed by atoms with Crippen LogP contribution in [0.3, 0.4) is 0 Å². The molecule has 0 amide bonds. The predicted molar refractivity (Wildman–Crippen MR) is 288 cm³/mol. The molecule has 0 radical (unpaired) electrons. The van der Waals surface area contributed by atoms with Crippen LogP contribution < -0.4 is 0 Å². The molecule has 0 aromatic rings. The van der Waals surface area contributed by atoms with Crippen LogP contribution in [0.5, 0.6) is 0 Å². The lowest BCUT2D eigenvalue weighted by Gasteiger charge is -2.18. The Kier molecular flexibility index (Phi) is 52.8. The summed E-state index contributed by atoms with van der Waals surface area (Å²) < 4.78 is 16.8. The van der Waals surface area contributed by atoms with Crippen molar-refractivity contribution in [3.8, 4) is 0 Å². The normalized spacial score (nSPS) is 12.6. The predicted octanol–water partition coefficient (Wildman–Crippen LogP) is 19.0. The SMILES string of the molecule is CC/C=C/C/C=C/C/C=C/CCCCCCCCCCCC(=O)OCC(COC(=O)CC/C=C/C/C=C/CCCCCCCC)OC(=O)CCCCCCCCC/C=C/CCCCCCCC. The van der Waals surface area contributed by atoms with E-state index in [0.29, 0.717) is 19.3 Å². The molecule has 0 aromatic carbocycles. The van der Waals surface area contributed by atoms with Crippen molar-refractivity contribution in [3.05, 3.63) is 72.9 Å². The van der Waals surface area contributed by atoms with E-state index in [0.717, 1.165) is 70.6 Å². The first-order chi connectivity index (χ1) is 33.0. The lowest BCUT2D eigenvalue weighted by molar-refractivity contribution is -0.166. The van der Waals surface area contributed by atoms with Crippen LogP contribution in [0, 0.1) is 0 Å². The van der Waals surface area contributed by atoms with Crippen LogP contribution in [0.15, 0.2) is 72.9 Å². The Morgan fingerprint density at radius 2 is 0.612 bits per heavy atom. The highest BCUT2D eigenvalue weighted by Crippen LogP contribution is 2.15. The highest BCUT2D eigenvalue weighted by molar-refractivity contribution is 5.71. The quantitative estimate of drug-likeness (QED) is 0.0262. The van der Waals surface area contributed by atoms with Gasteiger partial charge in [-0.15, -0.1) is 0 Å². The van der Waals surface area contributed by atoms with Gasteiger partial charge < -0.3 is 14.2 Å². The fourth-order valence-corrected chi connectivity index (χ4v) is 7.92. The van der Waals surface area contributed by atoms with Gasteiger partial charge in [0.25, 0.3) is 0 Å². The molecule has 6 heteroatoms. The lowest BCUT2D eigenvalue weighted by atomic mass is 10.1. The summed E-state index contributed by atoms with van der Waals surface area (Å²) in [5.41, 5.74) is 0. The van der Waals surface area contributed by atoms with Gasteiger partial charge in [-0.25, -0.2) is 0 Å². The van der Waals surface area contributed by atoms with Gasteiger partial charge in [0.15, 0.2) is 6.10 Å². The van der Waals surface area contributed by atoms with Gasteiger partial charge in [0.05, 0.1) is 0 Å². The zero-order chi connectivity index (χ0) is 48.6. The van der Waals surface area contributed by atoms with Crippen LogP contribution in [0.25, 0.3) is 0 Å². The highest BCUT2D eigenvalue weighted by Gasteiger charge is 2.19. The number of hydrogen-bond donors (Lipinski definition) is 0. The molecule has 386 valence electrons. The molecule has 0 aromatic heterocycles. The molecular weight excluding hydrogens is 829 g/mol. The Morgan fingerprint density at radius 1 is 0.313 bits per heavy atom. The Hall–Kier alpha value is -3.15. The fourth-order valence-electron chi connectivity index (χ4n) is 7.92. The Balaban J connectivity index is 4.41. The van der Waals surface area contributed by atoms with Crippen molar-refractivity contribution >= 4 is 17.9 Å². The zero-order valence-corrected chi connectivity index (χ0v) is 44.2. The third kappa shape index (κ3) is 53.7. The third-order valence-electron chi connectivity index (χ3n) is 12.2. The number of carbonyl (C=O) groups excluding carboxylic acids is 3. The van der Waals surface area contributed by atoms with Gasteiger partial charge in [0, 0.05) is 19.3 Å². The number of esters is 3. The summed E-state index contributed by atoms with van der Waals surface area (Å²) in [6.45, 7) is 6.47. The molecule has 0 N–H and O–H groups in total. The Morgan fingerprint density at radius 3 is 1.01 bits per heavy atom. The zero-order valence-electron chi connectivity index (χ0n) is 44.2. The van der Waals surface area contributed by atoms with E-state index in [2.05, 4.69) is 87.6 Å². The molecule has 6 nitrogen and oxygen atoms in total. The van der Waals surface area contributed by atoms with E-state index in [1.54, 1.807) is 0 Å². The molecule has 1 atom stereocenters. The maximum Gasteiger partial charge on any atom is 0.306 e. The Bertz CT molecular complexity index is 1260. The van der Waals surface area contributed by atoms with E-state index in [1.807, 2.05) is 6.08 Å². The van der Waals surface area contributed by atoms with Crippen LogP contribution in [0.4, 0.5) is 0 Å². The number of carbonyl (C=O) groups is 3. The van der Waals surface area contributed by atoms with Crippen molar-refractivity contribution in [1.29, 1.82) is 0 Å². The molecular formula is C61H106O6. The minimum Gasteiger partial charge on any atom is -0.462 e. The summed E-state index contributed by atoms with van der Waals surface area (Å²) >= 11 is 0. The van der Waals surface area contributed by atoms with Crippen LogP contribution in [-0.2, 0) is 28.6 Å². The molecule has 0 saturated heterocycles. The number of allylic oxidation sites excluding steroid dienone is 12. The molecule has 0 aliphatic heterocycles. The van der Waals surface area contributed by atoms with E-state index < -0.39 is 6.10 Å². The molecule has 0 aliphatic carbocycles. The smallest absolute Gasteiger partial charge is 0.306 e. The maximum atomic E-state index is 12.8. The molecule has 0 rings (SSSR count). The maximum absolute atomic E-state index is 12.8. The monoisotopic (exact) mass is 935 g/mol. The first-order valence-corrected chi connectivity index (χ1v) is 28.4. The molecule has 0 spiro atoms. The van der Waals surface area contributed by atoms with Crippen molar-refractivity contribution in [3.63, 3.8) is 0 Å². The third-order valence-corrected chi connectivity index (χ3v) is 12.2. The average Bonchev–Trinajstić information content (AvgIpc) is 3.33. The van der Waals surface area contributed by atoms with E-state index in [4.69, 9.17) is 14.2 Å². The largest absolute Gasteiger partial charge is 0.462 e. The minimum atomic E-state index is -0.802. The second kappa shape index (κ2) is 55.4. The van der Waals surface area contributed by atoms with Crippen molar-refractivity contribution in [2.75, 3.05) is 13.2 Å². The van der Waals surface area contributed by atoms with Crippen molar-refractivity contribution in [2.24, 2.45) is 0 Å². The summed E-state index contributed by atoms with van der Waals surface area (Å²) in [5, 5.41) is 0. The van der Waals surface area contributed by atoms with Crippen LogP contribution in [-0.4, -0.2) is 37.2 Å². The summed E-state index contributed by atoms with van der Waals surface area (Å²) in [5.74, 6) is -0.969. The van der Waals surface area contributed by atoms with Gasteiger partial charge in [-0.2, -0.15) is 0 Å². The standard InChI is InChI=1S/C61H106O6/c1-4-7-10-13-16-19-22-25-27-29-30-32-33-36-39-42-45-48-51-54-60(63)66-57-58(56-65-59(62)53-50-47-44-41-38-35-24-21-18-15-12-9-6-3)67-61(64)55-52-49-46-43-40-37-34-31-28-26-23-20-17-14-11-8-5-2/h7,10,16,19,25-28,35,38,44,47,58H,4-6,8-9,11-15,17-18,20-24,29-34,36-37,39-43,45-46,48-57H2,1-3H3/b10-7+,19-16+,27-25+,28-26+,38-35+,47-44+. The average molecular weight is 936 g/mol. The molecule has 1 unspecified atom stereocenters. The Labute approximate surface area is 414 Å². The summed E-state index contributed by atoms with van der Waals surface area (Å²) in [6, 6.07) is 0. The molecule has 0 heterocycles. The molecule has 67 heavy (non-hydrogen) atoms. The van der Waals surface area contributed by atoms with Crippen molar-refractivity contribution < 1.29 is 28.6 Å². The molecule has 0 bridgehead atoms. The van der Waals surface area contributed by atoms with Gasteiger partial charge in [-0.3, -0.25) is 14.4 Å². The van der Waals surface area contributed by atoms with Crippen LogP contribution in [0.2, 0.25) is 0 Å². The van der Waals surface area contributed by atoms with Crippen molar-refractivity contribution in [2.45, 2.75) is 284 Å². The molecule has 0 fully saturated rings. The molecule has 0 saturated carbocycles. The topological polar surface area (TPSA) is 78.9 Å². The fraction of sp³-hybridized carbons (Fsp3) is 0.754. The second-order valence-electron chi connectivity index (χ2n) is 18.8. The van der Waals surface area contributed by atoms with Gasteiger partial charge in [0.1, 0.15) is 13.2 Å². The first-order valence-electron chi connectivity index (χ1n) is 28.4. The highest BCUT2D eigenvalue weighted by atomic mass is 16.6. The minimum absolute atomic E-state index is 0.0964. The van der Waals surface area contributed by atoms with Gasteiger partial charge in [0.2, 0.25) is 0 Å². The summed E-state index contributed by atoms with van der Waals surface area (Å²) in [4.78, 5) is 38.1. The number of rotatable bonds is 51. The lowest BCUT2D eigenvalue weighted by Crippen LogP contribution is -2.30. The number of ether oxygens (including phenoxy) is 3. The van der Waals surface area contributed by atoms with E-state index >= 15 is 0 Å². The van der Waals surface area contributed by atoms with Crippen LogP contribution in [0.1, 0.15) is 278 Å². The van der Waals surface area contributed by atoms with E-state index in [9.17, 15) is 14.4 Å². The van der Waals surface area contributed by atoms with Crippen molar-refractivity contribution in [1.82, 2.24) is 0 Å². The number of unbranched alkanes of at least 4 members (excludes halogenated alkanes) is 28. The van der Waals surface area contributed by atoms with Crippen LogP contribution >= 0.6 is 0 Å². The van der Waals surface area contributed by atoms with E-state index in [1.165, 1.54) is 161 Å². The van der Waals surface area contributed by atoms with Gasteiger partial charge in [-0.05, 0) is 96.3 Å². The second-order valence-corrected chi connectivity index (χ2v) is 18.8. The van der Waals surface area contributed by atoms with E-state index in [-0.39, 0.29) is 37.5 Å². The van der Waals surface area contributed by atoms with Gasteiger partial charge >= 0.3 is 17.9 Å². The number of hydrogen-bond acceptors (Lipinski definition) is 6.